The molecule has 4 heteroatoms. The summed E-state index contributed by atoms with van der Waals surface area (Å²) in [6.07, 6.45) is 5.09. The van der Waals surface area contributed by atoms with Crippen molar-refractivity contribution in [2.24, 2.45) is 5.40 Å². The first-order chi connectivity index (χ1) is 6.58. The van der Waals surface area contributed by atoms with Crippen LogP contribution in [0.25, 0.3) is 0 Å². The minimum Gasteiger partial charge on any atom is -0.406 e. The molecule has 14 heavy (non-hydrogen) atoms. The number of nitrogens with zero attached hydrogens (tertiary/aromatic N) is 1. The molecule has 1 fully saturated rings. The van der Waals surface area contributed by atoms with Crippen molar-refractivity contribution in [2.75, 3.05) is 27.7 Å². The van der Waals surface area contributed by atoms with Crippen LogP contribution in [0.3, 0.4) is 0 Å². The molecule has 0 aliphatic carbocycles. The Labute approximate surface area is 88.8 Å². The smallest absolute Gasteiger partial charge is 0.268 e. The molecule has 2 N–H and O–H groups in total. The van der Waals surface area contributed by atoms with Crippen molar-refractivity contribution in [3.05, 3.63) is 0 Å². The van der Waals surface area contributed by atoms with Gasteiger partial charge in [-0.1, -0.05) is 6.42 Å². The summed E-state index contributed by atoms with van der Waals surface area (Å²) in [5.41, 5.74) is 0.701. The molecular formula is C10H24N2OSi. The van der Waals surface area contributed by atoms with E-state index < -0.39 is 8.48 Å². The number of hydrogen-bond donors (Lipinski definition) is 1. The molecule has 0 saturated carbocycles. The quantitative estimate of drug-likeness (QED) is 0.709. The van der Waals surface area contributed by atoms with Gasteiger partial charge in [-0.3, -0.25) is 0 Å². The zero-order chi connectivity index (χ0) is 10.6. The maximum Gasteiger partial charge on any atom is 0.268 e. The van der Waals surface area contributed by atoms with Gasteiger partial charge in [0.2, 0.25) is 0 Å². The molecular weight excluding hydrogens is 192 g/mol. The third kappa shape index (κ3) is 3.05. The summed E-state index contributed by atoms with van der Waals surface area (Å²) in [6, 6.07) is 1.16. The molecule has 2 unspecified atom stereocenters. The van der Waals surface area contributed by atoms with Gasteiger partial charge in [0.05, 0.1) is 0 Å². The maximum absolute atomic E-state index is 6.32. The van der Waals surface area contributed by atoms with Crippen LogP contribution in [0.2, 0.25) is 11.6 Å². The highest BCUT2D eigenvalue weighted by molar-refractivity contribution is 6.72. The van der Waals surface area contributed by atoms with Crippen molar-refractivity contribution in [2.45, 2.75) is 37.3 Å². The first-order valence-corrected chi connectivity index (χ1v) is 7.84. The predicted octanol–water partition coefficient (Wildman–Crippen LogP) is 1.54. The first-order valence-electron chi connectivity index (χ1n) is 5.57. The van der Waals surface area contributed by atoms with Crippen LogP contribution >= 0.6 is 0 Å². The Morgan fingerprint density at radius 1 is 1.50 bits per heavy atom. The summed E-state index contributed by atoms with van der Waals surface area (Å²) in [4.78, 5) is 2.24. The van der Waals surface area contributed by atoms with Gasteiger partial charge in [0, 0.05) is 7.11 Å². The number of hydrogen-bond acceptors (Lipinski definition) is 3. The molecule has 0 amide bonds. The van der Waals surface area contributed by atoms with E-state index in [2.05, 4.69) is 19.0 Å². The average molecular weight is 216 g/mol. The molecule has 3 nitrogen and oxygen atoms in total. The molecule has 84 valence electrons. The van der Waals surface area contributed by atoms with Crippen LogP contribution in [0.1, 0.15) is 25.7 Å². The van der Waals surface area contributed by atoms with Gasteiger partial charge in [0.1, 0.15) is 0 Å². The lowest BCUT2D eigenvalue weighted by atomic mass is 10.1. The van der Waals surface area contributed by atoms with E-state index >= 15 is 0 Å². The van der Waals surface area contributed by atoms with Crippen LogP contribution in [-0.2, 0) is 4.43 Å². The lowest BCUT2D eigenvalue weighted by Gasteiger charge is -2.26. The SMILES string of the molecule is CO[Si]1(N)CCCC1CCCN(C)C. The largest absolute Gasteiger partial charge is 0.406 e. The van der Waals surface area contributed by atoms with Crippen molar-refractivity contribution in [1.82, 2.24) is 4.90 Å². The van der Waals surface area contributed by atoms with E-state index in [0.717, 1.165) is 6.04 Å². The second kappa shape index (κ2) is 5.26. The Kier molecular flexibility index (Phi) is 4.57. The summed E-state index contributed by atoms with van der Waals surface area (Å²) in [6.45, 7) is 1.17. The molecule has 1 aliphatic rings. The Bertz CT molecular complexity index is 178. The maximum atomic E-state index is 6.32. The Hall–Kier alpha value is 0.0969. The van der Waals surface area contributed by atoms with E-state index in [9.17, 15) is 0 Å². The fourth-order valence-corrected chi connectivity index (χ4v) is 5.47. The summed E-state index contributed by atoms with van der Waals surface area (Å²) >= 11 is 0. The van der Waals surface area contributed by atoms with E-state index in [0.29, 0.717) is 5.54 Å². The molecule has 0 aromatic rings. The molecule has 1 aliphatic heterocycles. The highest BCUT2D eigenvalue weighted by Crippen LogP contribution is 2.39. The normalized spacial score (nSPS) is 32.8. The van der Waals surface area contributed by atoms with Gasteiger partial charge in [-0.15, -0.1) is 0 Å². The molecule has 1 saturated heterocycles. The average Bonchev–Trinajstić information content (AvgIpc) is 2.48. The summed E-state index contributed by atoms with van der Waals surface area (Å²) < 4.78 is 5.57. The summed E-state index contributed by atoms with van der Waals surface area (Å²) in [7, 11) is 4.27. The Morgan fingerprint density at radius 2 is 2.21 bits per heavy atom. The minimum atomic E-state index is -1.78. The van der Waals surface area contributed by atoms with Gasteiger partial charge in [-0.25, -0.2) is 0 Å². The zero-order valence-electron chi connectivity index (χ0n) is 9.75. The molecule has 1 rings (SSSR count). The zero-order valence-corrected chi connectivity index (χ0v) is 10.8. The van der Waals surface area contributed by atoms with Crippen molar-refractivity contribution in [3.8, 4) is 0 Å². The minimum absolute atomic E-state index is 0.701. The lowest BCUT2D eigenvalue weighted by molar-refractivity contribution is 0.366. The van der Waals surface area contributed by atoms with Crippen LogP contribution in [-0.4, -0.2) is 41.1 Å². The Balaban J connectivity index is 2.29. The van der Waals surface area contributed by atoms with Gasteiger partial charge < -0.3 is 14.7 Å². The second-order valence-corrected chi connectivity index (χ2v) is 8.33. The van der Waals surface area contributed by atoms with Crippen LogP contribution < -0.4 is 5.40 Å². The van der Waals surface area contributed by atoms with E-state index in [1.165, 1.54) is 32.2 Å². The van der Waals surface area contributed by atoms with Gasteiger partial charge >= 0.3 is 0 Å². The molecule has 0 aromatic carbocycles. The van der Waals surface area contributed by atoms with Gasteiger partial charge in [0.15, 0.2) is 0 Å². The van der Waals surface area contributed by atoms with Gasteiger partial charge in [-0.2, -0.15) is 0 Å². The monoisotopic (exact) mass is 216 g/mol. The van der Waals surface area contributed by atoms with Crippen LogP contribution in [0.5, 0.6) is 0 Å². The Morgan fingerprint density at radius 3 is 2.79 bits per heavy atom. The fourth-order valence-electron chi connectivity index (χ4n) is 2.38. The molecule has 0 bridgehead atoms. The van der Waals surface area contributed by atoms with E-state index in [1.54, 1.807) is 7.11 Å². The van der Waals surface area contributed by atoms with Crippen molar-refractivity contribution >= 4 is 8.48 Å². The fraction of sp³-hybridized carbons (Fsp3) is 1.00. The molecule has 0 aromatic heterocycles. The third-order valence-corrected chi connectivity index (χ3v) is 7.20. The van der Waals surface area contributed by atoms with Gasteiger partial charge in [0.25, 0.3) is 8.48 Å². The highest BCUT2D eigenvalue weighted by Gasteiger charge is 2.42. The van der Waals surface area contributed by atoms with E-state index in [4.69, 9.17) is 9.83 Å². The molecule has 1 heterocycles. The van der Waals surface area contributed by atoms with E-state index in [1.807, 2.05) is 0 Å². The van der Waals surface area contributed by atoms with Crippen molar-refractivity contribution < 1.29 is 4.43 Å². The van der Waals surface area contributed by atoms with Crippen LogP contribution in [0.15, 0.2) is 0 Å². The van der Waals surface area contributed by atoms with Crippen LogP contribution in [0, 0.1) is 0 Å². The lowest BCUT2D eigenvalue weighted by Crippen LogP contribution is -2.49. The van der Waals surface area contributed by atoms with E-state index in [-0.39, 0.29) is 0 Å². The highest BCUT2D eigenvalue weighted by atomic mass is 28.4. The number of rotatable bonds is 5. The topological polar surface area (TPSA) is 38.5 Å². The van der Waals surface area contributed by atoms with Gasteiger partial charge in [-0.05, 0) is 51.5 Å². The van der Waals surface area contributed by atoms with Crippen molar-refractivity contribution in [3.63, 3.8) is 0 Å². The molecule has 2 atom stereocenters. The number of nitrogens with two attached hydrogens (primary N) is 1. The predicted molar refractivity (Wildman–Crippen MR) is 62.5 cm³/mol. The molecule has 0 radical (unpaired) electrons. The van der Waals surface area contributed by atoms with Crippen molar-refractivity contribution in [1.29, 1.82) is 0 Å². The van der Waals surface area contributed by atoms with Crippen LogP contribution in [0.4, 0.5) is 0 Å². The second-order valence-electron chi connectivity index (χ2n) is 4.69. The summed E-state index contributed by atoms with van der Waals surface area (Å²) in [5, 5.41) is 6.32. The summed E-state index contributed by atoms with van der Waals surface area (Å²) in [5.74, 6) is 0. The third-order valence-electron chi connectivity index (χ3n) is 3.35. The standard InChI is InChI=1S/C10H24N2OSi/c1-12(2)8-4-6-10-7-5-9-14(10,11)13-3/h10H,4-9,11H2,1-3H3. The molecule has 0 spiro atoms. The first kappa shape index (κ1) is 12.2.